The van der Waals surface area contributed by atoms with E-state index in [-0.39, 0.29) is 30.2 Å². The summed E-state index contributed by atoms with van der Waals surface area (Å²) in [6.07, 6.45) is 4.22. The molecule has 0 radical (unpaired) electrons. The molecule has 0 aliphatic carbocycles. The first kappa shape index (κ1) is 33.3. The van der Waals surface area contributed by atoms with Gasteiger partial charge in [0, 0.05) is 26.1 Å². The van der Waals surface area contributed by atoms with Gasteiger partial charge < -0.3 is 27.4 Å². The Morgan fingerprint density at radius 3 is 2.23 bits per heavy atom. The minimum Gasteiger partial charge on any atom is -0.370 e. The number of hydrogen-bond donors (Lipinski definition) is 6. The number of benzene rings is 1. The molecule has 216 valence electrons. The summed E-state index contributed by atoms with van der Waals surface area (Å²) in [4.78, 5) is 52.9. The van der Waals surface area contributed by atoms with Crippen molar-refractivity contribution in [3.05, 3.63) is 42.0 Å². The molecule has 1 aromatic carbocycles. The minimum atomic E-state index is -0.960. The highest BCUT2D eigenvalue weighted by Crippen LogP contribution is 2.16. The van der Waals surface area contributed by atoms with Crippen LogP contribution in [0.4, 0.5) is 0 Å². The molecule has 0 spiro atoms. The maximum atomic E-state index is 13.7. The molecular formula is C28H45N7O4. The van der Waals surface area contributed by atoms with Crippen molar-refractivity contribution in [2.75, 3.05) is 13.1 Å². The predicted molar refractivity (Wildman–Crippen MR) is 153 cm³/mol. The first-order valence-corrected chi connectivity index (χ1v) is 13.3. The van der Waals surface area contributed by atoms with E-state index in [9.17, 15) is 19.2 Å². The van der Waals surface area contributed by atoms with Gasteiger partial charge in [-0.1, -0.05) is 58.0 Å². The van der Waals surface area contributed by atoms with Crippen molar-refractivity contribution in [1.29, 1.82) is 5.41 Å². The Balaban J connectivity index is 2.97. The third-order valence-electron chi connectivity index (χ3n) is 6.06. The van der Waals surface area contributed by atoms with Gasteiger partial charge in [0.2, 0.25) is 17.7 Å². The van der Waals surface area contributed by atoms with Crippen molar-refractivity contribution in [2.45, 2.75) is 72.0 Å². The average molecular weight is 544 g/mol. The highest BCUT2D eigenvalue weighted by atomic mass is 16.2. The van der Waals surface area contributed by atoms with E-state index in [1.165, 1.54) is 13.0 Å². The second-order valence-electron chi connectivity index (χ2n) is 10.3. The number of guanidine groups is 1. The number of carbonyl (C=O) groups excluding carboxylic acids is 4. The molecule has 0 saturated heterocycles. The summed E-state index contributed by atoms with van der Waals surface area (Å²) >= 11 is 0. The van der Waals surface area contributed by atoms with Crippen LogP contribution in [0.15, 0.2) is 36.4 Å². The number of imide groups is 1. The molecular weight excluding hydrogens is 498 g/mol. The normalized spacial score (nSPS) is 13.5. The molecule has 0 heterocycles. The van der Waals surface area contributed by atoms with Crippen LogP contribution in [-0.2, 0) is 19.2 Å². The largest absolute Gasteiger partial charge is 0.370 e. The second-order valence-corrected chi connectivity index (χ2v) is 10.3. The number of nitrogens with two attached hydrogens (primary N) is 2. The van der Waals surface area contributed by atoms with E-state index >= 15 is 0 Å². The number of nitrogens with zero attached hydrogens (tertiary/aromatic N) is 1. The highest BCUT2D eigenvalue weighted by molar-refractivity contribution is 5.99. The SMILES string of the molecule is CC(=O)N(C(=O)[C@H](CC(C)C)NC(=O)[C@@H](N)CCCNC(=N)N)[C@H](CNC(=O)/C=C/c1ccccc1)C(C)C. The average Bonchev–Trinajstić information content (AvgIpc) is 2.86. The van der Waals surface area contributed by atoms with E-state index in [0.717, 1.165) is 10.5 Å². The van der Waals surface area contributed by atoms with Crippen LogP contribution in [0.2, 0.25) is 0 Å². The van der Waals surface area contributed by atoms with Gasteiger partial charge >= 0.3 is 0 Å². The van der Waals surface area contributed by atoms with Crippen molar-refractivity contribution in [1.82, 2.24) is 20.9 Å². The maximum Gasteiger partial charge on any atom is 0.252 e. The maximum absolute atomic E-state index is 13.7. The molecule has 0 fully saturated rings. The van der Waals surface area contributed by atoms with Gasteiger partial charge in [0.05, 0.1) is 12.1 Å². The smallest absolute Gasteiger partial charge is 0.252 e. The molecule has 8 N–H and O–H groups in total. The molecule has 1 rings (SSSR count). The fraction of sp³-hybridized carbons (Fsp3) is 0.536. The molecule has 11 heteroatoms. The van der Waals surface area contributed by atoms with Gasteiger partial charge in [-0.15, -0.1) is 0 Å². The molecule has 3 atom stereocenters. The van der Waals surface area contributed by atoms with Crippen molar-refractivity contribution >= 4 is 35.7 Å². The summed E-state index contributed by atoms with van der Waals surface area (Å²) in [5.41, 5.74) is 12.2. The quantitative estimate of drug-likeness (QED) is 0.0834. The van der Waals surface area contributed by atoms with Crippen LogP contribution in [-0.4, -0.2) is 65.7 Å². The lowest BCUT2D eigenvalue weighted by Gasteiger charge is -2.35. The van der Waals surface area contributed by atoms with Crippen LogP contribution in [0.25, 0.3) is 6.08 Å². The molecule has 0 saturated carbocycles. The molecule has 0 bridgehead atoms. The van der Waals surface area contributed by atoms with Gasteiger partial charge in [0.25, 0.3) is 5.91 Å². The van der Waals surface area contributed by atoms with Gasteiger partial charge in [-0.3, -0.25) is 29.5 Å². The molecule has 39 heavy (non-hydrogen) atoms. The second kappa shape index (κ2) is 17.0. The van der Waals surface area contributed by atoms with Gasteiger partial charge in [-0.25, -0.2) is 0 Å². The Bertz CT molecular complexity index is 995. The summed E-state index contributed by atoms with van der Waals surface area (Å²) in [5.74, 6) is -2.15. The van der Waals surface area contributed by atoms with Crippen molar-refractivity contribution in [3.63, 3.8) is 0 Å². The fourth-order valence-corrected chi connectivity index (χ4v) is 3.99. The number of amides is 4. The molecule has 0 aliphatic heterocycles. The summed E-state index contributed by atoms with van der Waals surface area (Å²) < 4.78 is 0. The minimum absolute atomic E-state index is 0.0457. The monoisotopic (exact) mass is 543 g/mol. The zero-order valence-corrected chi connectivity index (χ0v) is 23.7. The lowest BCUT2D eigenvalue weighted by atomic mass is 9.97. The number of rotatable bonds is 15. The molecule has 4 amide bonds. The molecule has 0 unspecified atom stereocenters. The topological polar surface area (TPSA) is 184 Å². The van der Waals surface area contributed by atoms with Crippen molar-refractivity contribution in [2.24, 2.45) is 23.3 Å². The van der Waals surface area contributed by atoms with Crippen LogP contribution in [0.3, 0.4) is 0 Å². The molecule has 11 nitrogen and oxygen atoms in total. The van der Waals surface area contributed by atoms with Gasteiger partial charge in [-0.05, 0) is 42.7 Å². The van der Waals surface area contributed by atoms with Crippen molar-refractivity contribution < 1.29 is 19.2 Å². The van der Waals surface area contributed by atoms with E-state index in [1.54, 1.807) is 6.08 Å². The van der Waals surface area contributed by atoms with E-state index < -0.39 is 35.8 Å². The van der Waals surface area contributed by atoms with Gasteiger partial charge in [-0.2, -0.15) is 0 Å². The van der Waals surface area contributed by atoms with E-state index in [2.05, 4.69) is 16.0 Å². The van der Waals surface area contributed by atoms with E-state index in [4.69, 9.17) is 16.9 Å². The van der Waals surface area contributed by atoms with Crippen LogP contribution in [0, 0.1) is 17.2 Å². The Hall–Kier alpha value is -3.73. The van der Waals surface area contributed by atoms with E-state index in [1.807, 2.05) is 58.0 Å². The summed E-state index contributed by atoms with van der Waals surface area (Å²) in [6, 6.07) is 6.91. The van der Waals surface area contributed by atoms with Crippen LogP contribution < -0.4 is 27.4 Å². The van der Waals surface area contributed by atoms with Crippen LogP contribution >= 0.6 is 0 Å². The van der Waals surface area contributed by atoms with Crippen LogP contribution in [0.1, 0.15) is 59.4 Å². The van der Waals surface area contributed by atoms with Gasteiger partial charge in [0.1, 0.15) is 6.04 Å². The molecule has 1 aromatic rings. The third kappa shape index (κ3) is 12.6. The van der Waals surface area contributed by atoms with Crippen molar-refractivity contribution in [3.8, 4) is 0 Å². The molecule has 0 aromatic heterocycles. The Labute approximate surface area is 231 Å². The summed E-state index contributed by atoms with van der Waals surface area (Å²) in [6.45, 7) is 9.31. The van der Waals surface area contributed by atoms with Gasteiger partial charge in [0.15, 0.2) is 5.96 Å². The Morgan fingerprint density at radius 2 is 1.69 bits per heavy atom. The standard InChI is InChI=1S/C28H45N7O4/c1-18(2)16-23(34-26(38)22(29)12-9-15-32-28(30)31)27(39)35(20(5)36)24(19(3)4)17-33-25(37)14-13-21-10-7-6-8-11-21/h6-8,10-11,13-14,18-19,22-24H,9,12,15-17,29H2,1-5H3,(H,33,37)(H,34,38)(H4,30,31,32)/b14-13+/t22-,23-,24+/m0/s1. The first-order valence-electron chi connectivity index (χ1n) is 13.3. The number of carbonyl (C=O) groups is 4. The lowest BCUT2D eigenvalue weighted by molar-refractivity contribution is -0.150. The Morgan fingerprint density at radius 1 is 1.05 bits per heavy atom. The third-order valence-corrected chi connectivity index (χ3v) is 6.06. The van der Waals surface area contributed by atoms with Crippen LogP contribution in [0.5, 0.6) is 0 Å². The zero-order valence-electron chi connectivity index (χ0n) is 23.7. The highest BCUT2D eigenvalue weighted by Gasteiger charge is 2.36. The predicted octanol–water partition coefficient (Wildman–Crippen LogP) is 1.34. The Kier molecular flexibility index (Phi) is 14.5. The summed E-state index contributed by atoms with van der Waals surface area (Å²) in [7, 11) is 0. The van der Waals surface area contributed by atoms with E-state index in [0.29, 0.717) is 25.8 Å². The number of nitrogens with one attached hydrogen (secondary N) is 4. The fourth-order valence-electron chi connectivity index (χ4n) is 3.99. The molecule has 0 aliphatic rings. The summed E-state index contributed by atoms with van der Waals surface area (Å²) in [5, 5.41) is 15.4. The number of hydrogen-bond acceptors (Lipinski definition) is 6. The first-order chi connectivity index (χ1) is 18.3. The lowest BCUT2D eigenvalue weighted by Crippen LogP contribution is -2.59. The zero-order chi connectivity index (χ0) is 29.5.